The molecule has 118 valence electrons. The second kappa shape index (κ2) is 7.66. The van der Waals surface area contributed by atoms with E-state index in [1.807, 2.05) is 0 Å². The van der Waals surface area contributed by atoms with Crippen LogP contribution in [0.4, 0.5) is 13.2 Å². The molecule has 0 saturated heterocycles. The van der Waals surface area contributed by atoms with Crippen LogP contribution in [0.3, 0.4) is 0 Å². The van der Waals surface area contributed by atoms with Crippen LogP contribution in [-0.2, 0) is 4.79 Å². The van der Waals surface area contributed by atoms with Crippen molar-refractivity contribution in [3.05, 3.63) is 0 Å². The summed E-state index contributed by atoms with van der Waals surface area (Å²) in [6.45, 7) is 4.16. The molecule has 0 bridgehead atoms. The number of alkyl halides is 4. The minimum Gasteiger partial charge on any atom is -0.352 e. The molecule has 1 unspecified atom stereocenters. The predicted octanol–water partition coefficient (Wildman–Crippen LogP) is 4.28. The molecule has 0 spiro atoms. The third-order valence-corrected chi connectivity index (χ3v) is 4.63. The van der Waals surface area contributed by atoms with Crippen molar-refractivity contribution in [3.8, 4) is 0 Å². The van der Waals surface area contributed by atoms with Crippen molar-refractivity contribution in [1.29, 1.82) is 0 Å². The Morgan fingerprint density at radius 3 is 2.20 bits per heavy atom. The zero-order chi connectivity index (χ0) is 15.3. The average molecular weight is 358 g/mol. The molecule has 1 saturated carbocycles. The first-order valence-corrected chi connectivity index (χ1v) is 8.29. The van der Waals surface area contributed by atoms with Crippen molar-refractivity contribution in [2.45, 2.75) is 58.2 Å². The first kappa shape index (κ1) is 17.8. The van der Waals surface area contributed by atoms with Crippen LogP contribution in [0.2, 0.25) is 0 Å². The van der Waals surface area contributed by atoms with Gasteiger partial charge in [-0.15, -0.1) is 0 Å². The maximum atomic E-state index is 12.6. The van der Waals surface area contributed by atoms with Crippen molar-refractivity contribution in [2.75, 3.05) is 5.33 Å². The van der Waals surface area contributed by atoms with Crippen LogP contribution in [0.15, 0.2) is 0 Å². The van der Waals surface area contributed by atoms with Crippen molar-refractivity contribution in [2.24, 2.45) is 17.8 Å². The van der Waals surface area contributed by atoms with Gasteiger partial charge in [0.15, 0.2) is 0 Å². The normalized spacial score (nSPS) is 25.6. The van der Waals surface area contributed by atoms with E-state index in [1.165, 1.54) is 0 Å². The zero-order valence-electron chi connectivity index (χ0n) is 12.0. The lowest BCUT2D eigenvalue weighted by Gasteiger charge is -2.30. The Hall–Kier alpha value is -0.260. The Morgan fingerprint density at radius 1 is 1.25 bits per heavy atom. The molecule has 0 aliphatic heterocycles. The van der Waals surface area contributed by atoms with Gasteiger partial charge < -0.3 is 5.32 Å². The number of halogens is 4. The summed E-state index contributed by atoms with van der Waals surface area (Å²) in [6, 6.07) is 0.0582. The number of hydrogen-bond acceptors (Lipinski definition) is 1. The molecule has 1 rings (SSSR count). The van der Waals surface area contributed by atoms with E-state index in [4.69, 9.17) is 0 Å². The highest BCUT2D eigenvalue weighted by Crippen LogP contribution is 2.39. The Morgan fingerprint density at radius 2 is 1.80 bits per heavy atom. The van der Waals surface area contributed by atoms with E-state index in [-0.39, 0.29) is 30.7 Å². The molecule has 1 fully saturated rings. The van der Waals surface area contributed by atoms with Crippen molar-refractivity contribution >= 4 is 21.8 Å². The number of rotatable bonds is 5. The van der Waals surface area contributed by atoms with Gasteiger partial charge in [0, 0.05) is 17.3 Å². The highest BCUT2D eigenvalue weighted by atomic mass is 79.9. The van der Waals surface area contributed by atoms with Gasteiger partial charge >= 0.3 is 6.18 Å². The van der Waals surface area contributed by atoms with E-state index in [2.05, 4.69) is 35.1 Å². The predicted molar refractivity (Wildman–Crippen MR) is 76.7 cm³/mol. The zero-order valence-corrected chi connectivity index (χ0v) is 13.6. The van der Waals surface area contributed by atoms with Crippen molar-refractivity contribution < 1.29 is 18.0 Å². The maximum absolute atomic E-state index is 12.6. The highest BCUT2D eigenvalue weighted by molar-refractivity contribution is 9.09. The fourth-order valence-electron chi connectivity index (χ4n) is 2.73. The SMILES string of the molecule is CC(C)CC(CBr)NC(=O)C1CCC(C(F)(F)F)CC1. The van der Waals surface area contributed by atoms with Crippen LogP contribution in [0.1, 0.15) is 46.0 Å². The van der Waals surface area contributed by atoms with E-state index in [0.29, 0.717) is 24.1 Å². The smallest absolute Gasteiger partial charge is 0.352 e. The molecule has 6 heteroatoms. The maximum Gasteiger partial charge on any atom is 0.391 e. The Labute approximate surface area is 127 Å². The van der Waals surface area contributed by atoms with Gasteiger partial charge in [0.05, 0.1) is 5.92 Å². The van der Waals surface area contributed by atoms with Gasteiger partial charge in [0.1, 0.15) is 0 Å². The third kappa shape index (κ3) is 5.62. The molecule has 0 aromatic carbocycles. The highest BCUT2D eigenvalue weighted by Gasteiger charge is 2.42. The number of carbonyl (C=O) groups is 1. The van der Waals surface area contributed by atoms with E-state index in [1.54, 1.807) is 0 Å². The van der Waals surface area contributed by atoms with Gasteiger partial charge in [-0.25, -0.2) is 0 Å². The summed E-state index contributed by atoms with van der Waals surface area (Å²) in [5, 5.41) is 3.63. The van der Waals surface area contributed by atoms with Crippen LogP contribution in [-0.4, -0.2) is 23.5 Å². The molecule has 1 aliphatic carbocycles. The topological polar surface area (TPSA) is 29.1 Å². The molecular weight excluding hydrogens is 335 g/mol. The van der Waals surface area contributed by atoms with Gasteiger partial charge in [0.2, 0.25) is 5.91 Å². The standard InChI is InChI=1S/C14H23BrF3NO/c1-9(2)7-12(8-15)19-13(20)10-3-5-11(6-4-10)14(16,17)18/h9-12H,3-8H2,1-2H3,(H,19,20). The number of carbonyl (C=O) groups excluding carboxylic acids is 1. The van der Waals surface area contributed by atoms with Gasteiger partial charge in [-0.1, -0.05) is 29.8 Å². The Kier molecular flexibility index (Phi) is 6.82. The molecule has 1 N–H and O–H groups in total. The average Bonchev–Trinajstić information content (AvgIpc) is 2.36. The minimum atomic E-state index is -4.11. The third-order valence-electron chi connectivity index (χ3n) is 3.85. The second-order valence-corrected chi connectivity index (χ2v) is 6.73. The van der Waals surface area contributed by atoms with E-state index in [0.717, 1.165) is 6.42 Å². The molecule has 1 atom stereocenters. The van der Waals surface area contributed by atoms with Gasteiger partial charge in [-0.3, -0.25) is 4.79 Å². The lowest BCUT2D eigenvalue weighted by Crippen LogP contribution is -2.42. The summed E-state index contributed by atoms with van der Waals surface area (Å²) >= 11 is 3.37. The first-order valence-electron chi connectivity index (χ1n) is 7.17. The van der Waals surface area contributed by atoms with Gasteiger partial charge in [0.25, 0.3) is 0 Å². The van der Waals surface area contributed by atoms with Crippen LogP contribution in [0.25, 0.3) is 0 Å². The summed E-state index contributed by atoms with van der Waals surface area (Å²) < 4.78 is 37.7. The fraction of sp³-hybridized carbons (Fsp3) is 0.929. The Bertz CT molecular complexity index is 312. The second-order valence-electron chi connectivity index (χ2n) is 6.08. The lowest BCUT2D eigenvalue weighted by molar-refractivity contribution is -0.184. The molecule has 20 heavy (non-hydrogen) atoms. The number of hydrogen-bond donors (Lipinski definition) is 1. The quantitative estimate of drug-likeness (QED) is 0.731. The van der Waals surface area contributed by atoms with Crippen molar-refractivity contribution in [1.82, 2.24) is 5.32 Å². The first-order chi connectivity index (χ1) is 9.24. The fourth-order valence-corrected chi connectivity index (χ4v) is 3.16. The minimum absolute atomic E-state index is 0.0582. The summed E-state index contributed by atoms with van der Waals surface area (Å²) in [4.78, 5) is 12.1. The van der Waals surface area contributed by atoms with Crippen LogP contribution < -0.4 is 5.32 Å². The molecule has 0 aromatic rings. The summed E-state index contributed by atoms with van der Waals surface area (Å²) in [5.74, 6) is -1.11. The summed E-state index contributed by atoms with van der Waals surface area (Å²) in [6.07, 6.45) is -2.42. The number of nitrogens with one attached hydrogen (secondary N) is 1. The molecular formula is C14H23BrF3NO. The van der Waals surface area contributed by atoms with E-state index >= 15 is 0 Å². The van der Waals surface area contributed by atoms with E-state index < -0.39 is 12.1 Å². The van der Waals surface area contributed by atoms with E-state index in [9.17, 15) is 18.0 Å². The molecule has 2 nitrogen and oxygen atoms in total. The molecule has 0 heterocycles. The van der Waals surface area contributed by atoms with Crippen LogP contribution in [0, 0.1) is 17.8 Å². The summed E-state index contributed by atoms with van der Waals surface area (Å²) in [7, 11) is 0. The molecule has 0 radical (unpaired) electrons. The Balaban J connectivity index is 2.42. The number of amides is 1. The lowest BCUT2D eigenvalue weighted by atomic mass is 9.81. The molecule has 0 aromatic heterocycles. The van der Waals surface area contributed by atoms with Crippen molar-refractivity contribution in [3.63, 3.8) is 0 Å². The van der Waals surface area contributed by atoms with Crippen LogP contribution in [0.5, 0.6) is 0 Å². The van der Waals surface area contributed by atoms with Crippen LogP contribution >= 0.6 is 15.9 Å². The molecule has 1 aliphatic rings. The molecule has 1 amide bonds. The summed E-state index contributed by atoms with van der Waals surface area (Å²) in [5.41, 5.74) is 0. The monoisotopic (exact) mass is 357 g/mol. The van der Waals surface area contributed by atoms with Gasteiger partial charge in [-0.05, 0) is 38.0 Å². The van der Waals surface area contributed by atoms with Gasteiger partial charge in [-0.2, -0.15) is 13.2 Å². The largest absolute Gasteiger partial charge is 0.391 e.